The van der Waals surface area contributed by atoms with Crippen LogP contribution in [0.15, 0.2) is 31.4 Å². The average Bonchev–Trinajstić information content (AvgIpc) is 2.36. The lowest BCUT2D eigenvalue weighted by Gasteiger charge is -2.04. The van der Waals surface area contributed by atoms with Crippen LogP contribution in [0.2, 0.25) is 0 Å². The van der Waals surface area contributed by atoms with Gasteiger partial charge in [0.05, 0.1) is 0 Å². The predicted molar refractivity (Wildman–Crippen MR) is 79.9 cm³/mol. The van der Waals surface area contributed by atoms with Crippen LogP contribution in [0.4, 0.5) is 0 Å². The zero-order chi connectivity index (χ0) is 14.4. The van der Waals surface area contributed by atoms with Crippen LogP contribution in [-0.2, 0) is 0 Å². The minimum absolute atomic E-state index is 0.153. The van der Waals surface area contributed by atoms with Crippen molar-refractivity contribution in [1.82, 2.24) is 0 Å². The van der Waals surface area contributed by atoms with Crippen LogP contribution in [0.1, 0.15) is 56.1 Å². The average molecular weight is 236 g/mol. The first-order valence-corrected chi connectivity index (χ1v) is 6.20. The van der Waals surface area contributed by atoms with Crippen molar-refractivity contribution in [2.45, 2.75) is 48.5 Å². The molecule has 1 nitrogen and oxygen atoms in total. The van der Waals surface area contributed by atoms with Gasteiger partial charge in [0.2, 0.25) is 0 Å². The number of Topliss-reactive ketones (excluding diaryl/α,β-unsaturated/α-hetero) is 1. The Balaban J connectivity index is -0.000000285. The minimum Gasteiger partial charge on any atom is -0.294 e. The second kappa shape index (κ2) is 14.6. The van der Waals surface area contributed by atoms with Crippen LogP contribution in [0.25, 0.3) is 0 Å². The van der Waals surface area contributed by atoms with Crippen LogP contribution in [0, 0.1) is 13.8 Å². The standard InChI is InChI=1S/C10H12O.2C2H6.C2H4/c1-7-5-4-6-8(2)10(7)9(3)11;3*1-2/h4-6H,1-3H3;2*1-2H3;1-2H2. The molecule has 0 bridgehead atoms. The molecule has 1 heteroatoms. The van der Waals surface area contributed by atoms with E-state index in [0.29, 0.717) is 0 Å². The fourth-order valence-corrected chi connectivity index (χ4v) is 1.37. The van der Waals surface area contributed by atoms with Gasteiger partial charge in [0.25, 0.3) is 0 Å². The normalized spacial score (nSPS) is 7.24. The largest absolute Gasteiger partial charge is 0.294 e. The van der Waals surface area contributed by atoms with Crippen LogP contribution >= 0.6 is 0 Å². The molecule has 0 aromatic heterocycles. The Hall–Kier alpha value is -1.37. The maximum Gasteiger partial charge on any atom is 0.160 e. The molecular formula is C16H28O. The van der Waals surface area contributed by atoms with Gasteiger partial charge in [0.1, 0.15) is 0 Å². The van der Waals surface area contributed by atoms with Gasteiger partial charge in [-0.3, -0.25) is 4.79 Å². The number of rotatable bonds is 1. The van der Waals surface area contributed by atoms with Gasteiger partial charge in [-0.25, -0.2) is 0 Å². The van der Waals surface area contributed by atoms with Crippen LogP contribution in [-0.4, -0.2) is 5.78 Å². The number of carbonyl (C=O) groups is 1. The summed E-state index contributed by atoms with van der Waals surface area (Å²) < 4.78 is 0. The van der Waals surface area contributed by atoms with E-state index >= 15 is 0 Å². The fourth-order valence-electron chi connectivity index (χ4n) is 1.37. The molecule has 0 heterocycles. The summed E-state index contributed by atoms with van der Waals surface area (Å²) in [6, 6.07) is 5.89. The summed E-state index contributed by atoms with van der Waals surface area (Å²) in [5.41, 5.74) is 3.00. The van der Waals surface area contributed by atoms with E-state index in [1.54, 1.807) is 6.92 Å². The number of ketones is 1. The summed E-state index contributed by atoms with van der Waals surface area (Å²) in [6.07, 6.45) is 0. The van der Waals surface area contributed by atoms with Crippen molar-refractivity contribution in [3.8, 4) is 0 Å². The Bertz CT molecular complexity index is 280. The first kappa shape index (κ1) is 21.0. The van der Waals surface area contributed by atoms with Crippen molar-refractivity contribution in [3.05, 3.63) is 48.0 Å². The van der Waals surface area contributed by atoms with Crippen molar-refractivity contribution in [3.63, 3.8) is 0 Å². The number of benzene rings is 1. The number of hydrogen-bond acceptors (Lipinski definition) is 1. The molecule has 1 aromatic rings. The number of hydrogen-bond donors (Lipinski definition) is 0. The molecule has 0 fully saturated rings. The third kappa shape index (κ3) is 8.44. The molecule has 0 saturated carbocycles. The van der Waals surface area contributed by atoms with E-state index in [4.69, 9.17) is 0 Å². The maximum atomic E-state index is 11.1. The molecule has 0 saturated heterocycles. The van der Waals surface area contributed by atoms with Crippen LogP contribution < -0.4 is 0 Å². The van der Waals surface area contributed by atoms with Gasteiger partial charge in [0.15, 0.2) is 5.78 Å². The monoisotopic (exact) mass is 236 g/mol. The van der Waals surface area contributed by atoms with Gasteiger partial charge in [-0.2, -0.15) is 0 Å². The maximum absolute atomic E-state index is 11.1. The summed E-state index contributed by atoms with van der Waals surface area (Å²) >= 11 is 0. The smallest absolute Gasteiger partial charge is 0.160 e. The van der Waals surface area contributed by atoms with Crippen molar-refractivity contribution in [1.29, 1.82) is 0 Å². The van der Waals surface area contributed by atoms with E-state index in [2.05, 4.69) is 13.2 Å². The molecule has 0 amide bonds. The van der Waals surface area contributed by atoms with Crippen molar-refractivity contribution in [2.75, 3.05) is 0 Å². The summed E-state index contributed by atoms with van der Waals surface area (Å²) in [5.74, 6) is 0.153. The SMILES string of the molecule is C=C.CC.CC.CC(=O)c1c(C)cccc1C. The molecule has 0 unspecified atom stereocenters. The molecule has 0 aliphatic carbocycles. The Labute approximate surface area is 108 Å². The second-order valence-corrected chi connectivity index (χ2v) is 2.82. The summed E-state index contributed by atoms with van der Waals surface area (Å²) in [7, 11) is 0. The van der Waals surface area contributed by atoms with Crippen LogP contribution in [0.5, 0.6) is 0 Å². The molecule has 17 heavy (non-hydrogen) atoms. The first-order valence-electron chi connectivity index (χ1n) is 6.20. The summed E-state index contributed by atoms with van der Waals surface area (Å²) in [5, 5.41) is 0. The van der Waals surface area contributed by atoms with Gasteiger partial charge in [-0.15, -0.1) is 13.2 Å². The van der Waals surface area contributed by atoms with E-state index in [1.165, 1.54) is 0 Å². The third-order valence-corrected chi connectivity index (χ3v) is 1.83. The van der Waals surface area contributed by atoms with Crippen molar-refractivity contribution in [2.24, 2.45) is 0 Å². The number of aryl methyl sites for hydroxylation is 2. The van der Waals surface area contributed by atoms with Gasteiger partial charge in [0, 0.05) is 5.56 Å². The highest BCUT2D eigenvalue weighted by Crippen LogP contribution is 2.12. The predicted octanol–water partition coefficient (Wildman–Crippen LogP) is 5.36. The Kier molecular flexibility index (Phi) is 18.0. The highest BCUT2D eigenvalue weighted by molar-refractivity contribution is 5.96. The van der Waals surface area contributed by atoms with E-state index in [1.807, 2.05) is 59.7 Å². The topological polar surface area (TPSA) is 17.1 Å². The van der Waals surface area contributed by atoms with Gasteiger partial charge in [-0.1, -0.05) is 45.9 Å². The Morgan fingerprint density at radius 3 is 1.41 bits per heavy atom. The number of carbonyl (C=O) groups excluding carboxylic acids is 1. The van der Waals surface area contributed by atoms with E-state index in [0.717, 1.165) is 16.7 Å². The lowest BCUT2D eigenvalue weighted by molar-refractivity contribution is 0.101. The zero-order valence-corrected chi connectivity index (χ0v) is 12.6. The van der Waals surface area contributed by atoms with Gasteiger partial charge in [-0.05, 0) is 31.9 Å². The Morgan fingerprint density at radius 2 is 1.24 bits per heavy atom. The summed E-state index contributed by atoms with van der Waals surface area (Å²) in [4.78, 5) is 11.1. The lowest BCUT2D eigenvalue weighted by atomic mass is 10.0. The van der Waals surface area contributed by atoms with Gasteiger partial charge < -0.3 is 0 Å². The molecule has 0 atom stereocenters. The first-order chi connectivity index (χ1) is 8.13. The quantitative estimate of drug-likeness (QED) is 0.474. The lowest BCUT2D eigenvalue weighted by Crippen LogP contribution is -1.98. The fraction of sp³-hybridized carbons (Fsp3) is 0.438. The van der Waals surface area contributed by atoms with E-state index in [9.17, 15) is 4.79 Å². The van der Waals surface area contributed by atoms with Crippen molar-refractivity contribution >= 4 is 5.78 Å². The highest BCUT2D eigenvalue weighted by atomic mass is 16.1. The zero-order valence-electron chi connectivity index (χ0n) is 12.6. The molecule has 98 valence electrons. The molecule has 0 aliphatic rings. The minimum atomic E-state index is 0.153. The van der Waals surface area contributed by atoms with E-state index in [-0.39, 0.29) is 5.78 Å². The van der Waals surface area contributed by atoms with Crippen LogP contribution in [0.3, 0.4) is 0 Å². The second-order valence-electron chi connectivity index (χ2n) is 2.82. The molecule has 1 aromatic carbocycles. The molecule has 0 N–H and O–H groups in total. The molecule has 0 spiro atoms. The third-order valence-electron chi connectivity index (χ3n) is 1.83. The molecule has 0 aliphatic heterocycles. The highest BCUT2D eigenvalue weighted by Gasteiger charge is 2.05. The molecule has 1 rings (SSSR count). The summed E-state index contributed by atoms with van der Waals surface area (Å²) in [6.45, 7) is 19.5. The van der Waals surface area contributed by atoms with E-state index < -0.39 is 0 Å². The van der Waals surface area contributed by atoms with Crippen molar-refractivity contribution < 1.29 is 4.79 Å². The molecular weight excluding hydrogens is 208 g/mol. The Morgan fingerprint density at radius 1 is 0.941 bits per heavy atom. The van der Waals surface area contributed by atoms with Gasteiger partial charge >= 0.3 is 0 Å². The molecule has 0 radical (unpaired) electrons.